The molecule has 124 valence electrons. The van der Waals surface area contributed by atoms with Crippen molar-refractivity contribution in [1.29, 1.82) is 0 Å². The molecule has 3 rings (SSSR count). The van der Waals surface area contributed by atoms with Crippen LogP contribution >= 0.6 is 0 Å². The maximum atomic E-state index is 11.8. The molecule has 6 nitrogen and oxygen atoms in total. The number of amides is 3. The normalized spacial score (nSPS) is 17.5. The number of urea groups is 1. The zero-order valence-corrected chi connectivity index (χ0v) is 13.3. The van der Waals surface area contributed by atoms with E-state index in [1.54, 1.807) is 0 Å². The number of nitrogens with zero attached hydrogens (tertiary/aromatic N) is 1. The first-order chi connectivity index (χ1) is 11.2. The van der Waals surface area contributed by atoms with Crippen molar-refractivity contribution in [1.82, 2.24) is 10.6 Å². The van der Waals surface area contributed by atoms with E-state index in [1.165, 1.54) is 24.9 Å². The van der Waals surface area contributed by atoms with E-state index in [4.69, 9.17) is 0 Å². The molecule has 1 aliphatic heterocycles. The highest BCUT2D eigenvalue weighted by Crippen LogP contribution is 2.21. The summed E-state index contributed by atoms with van der Waals surface area (Å²) in [6.07, 6.45) is 5.86. The van der Waals surface area contributed by atoms with Crippen molar-refractivity contribution in [3.05, 3.63) is 24.3 Å². The summed E-state index contributed by atoms with van der Waals surface area (Å²) in [6.45, 7) is 2.18. The molecular weight excluding hydrogens is 292 g/mol. The van der Waals surface area contributed by atoms with Crippen LogP contribution in [0, 0.1) is 0 Å². The highest BCUT2D eigenvalue weighted by Gasteiger charge is 2.23. The predicted molar refractivity (Wildman–Crippen MR) is 90.7 cm³/mol. The van der Waals surface area contributed by atoms with Crippen molar-refractivity contribution in [2.45, 2.75) is 38.1 Å². The number of anilines is 2. The number of hydrogen-bond donors (Lipinski definition) is 3. The molecule has 1 aliphatic carbocycles. The Morgan fingerprint density at radius 2 is 1.74 bits per heavy atom. The number of hydrogen-bond acceptors (Lipinski definition) is 3. The van der Waals surface area contributed by atoms with Gasteiger partial charge in [0.2, 0.25) is 5.91 Å². The molecule has 1 saturated carbocycles. The van der Waals surface area contributed by atoms with Crippen molar-refractivity contribution >= 4 is 23.3 Å². The molecule has 1 aromatic carbocycles. The number of benzene rings is 1. The minimum atomic E-state index is -0.275. The van der Waals surface area contributed by atoms with E-state index in [-0.39, 0.29) is 18.5 Å². The predicted octanol–water partition coefficient (Wildman–Crippen LogP) is 2.08. The summed E-state index contributed by atoms with van der Waals surface area (Å²) in [5, 5.41) is 8.14. The zero-order chi connectivity index (χ0) is 16.1. The Balaban J connectivity index is 1.43. The second-order valence-electron chi connectivity index (χ2n) is 6.24. The molecule has 2 aliphatic rings. The van der Waals surface area contributed by atoms with Gasteiger partial charge in [-0.25, -0.2) is 4.79 Å². The second-order valence-corrected chi connectivity index (χ2v) is 6.24. The third-order valence-corrected chi connectivity index (χ3v) is 4.19. The molecule has 2 fully saturated rings. The lowest BCUT2D eigenvalue weighted by molar-refractivity contribution is -0.115. The Bertz CT molecular complexity index is 548. The lowest BCUT2D eigenvalue weighted by atomic mass is 10.1. The fourth-order valence-corrected chi connectivity index (χ4v) is 2.74. The highest BCUT2D eigenvalue weighted by molar-refractivity contribution is 5.94. The Labute approximate surface area is 136 Å². The molecule has 6 heteroatoms. The summed E-state index contributed by atoms with van der Waals surface area (Å²) in [7, 11) is 0. The first-order valence-corrected chi connectivity index (χ1v) is 8.40. The van der Waals surface area contributed by atoms with Crippen molar-refractivity contribution in [2.75, 3.05) is 29.9 Å². The molecular formula is C17H24N4O2. The van der Waals surface area contributed by atoms with Crippen LogP contribution in [0.3, 0.4) is 0 Å². The van der Waals surface area contributed by atoms with Gasteiger partial charge >= 0.3 is 6.03 Å². The monoisotopic (exact) mass is 316 g/mol. The van der Waals surface area contributed by atoms with E-state index in [0.717, 1.165) is 31.6 Å². The fourth-order valence-electron chi connectivity index (χ4n) is 2.74. The van der Waals surface area contributed by atoms with Crippen molar-refractivity contribution in [2.24, 2.45) is 0 Å². The van der Waals surface area contributed by atoms with Gasteiger partial charge in [0.1, 0.15) is 0 Å². The van der Waals surface area contributed by atoms with E-state index in [9.17, 15) is 9.59 Å². The topological polar surface area (TPSA) is 73.5 Å². The largest absolute Gasteiger partial charge is 0.372 e. The van der Waals surface area contributed by atoms with Crippen LogP contribution in [0.5, 0.6) is 0 Å². The molecule has 1 aromatic rings. The van der Waals surface area contributed by atoms with Crippen LogP contribution < -0.4 is 20.9 Å². The zero-order valence-electron chi connectivity index (χ0n) is 13.3. The number of carbonyl (C=O) groups is 2. The molecule has 0 bridgehead atoms. The van der Waals surface area contributed by atoms with Gasteiger partial charge in [-0.3, -0.25) is 4.79 Å². The molecule has 23 heavy (non-hydrogen) atoms. The van der Waals surface area contributed by atoms with E-state index in [1.807, 2.05) is 24.3 Å². The number of piperidine rings is 1. The van der Waals surface area contributed by atoms with Crippen LogP contribution in [0.4, 0.5) is 16.2 Å². The van der Waals surface area contributed by atoms with Gasteiger partial charge < -0.3 is 20.9 Å². The van der Waals surface area contributed by atoms with Crippen LogP contribution in [-0.4, -0.2) is 37.6 Å². The standard InChI is InChI=1S/C17H24N4O2/c22-16(12-18-17(23)20-14-4-5-14)19-13-6-8-15(9-7-13)21-10-2-1-3-11-21/h6-9,14H,1-5,10-12H2,(H,19,22)(H2,18,20,23). The Hall–Kier alpha value is -2.24. The number of nitrogens with one attached hydrogen (secondary N) is 3. The fraction of sp³-hybridized carbons (Fsp3) is 0.529. The summed E-state index contributed by atoms with van der Waals surface area (Å²) in [6, 6.07) is 7.91. The minimum Gasteiger partial charge on any atom is -0.372 e. The van der Waals surface area contributed by atoms with E-state index in [0.29, 0.717) is 6.04 Å². The lowest BCUT2D eigenvalue weighted by Gasteiger charge is -2.28. The smallest absolute Gasteiger partial charge is 0.315 e. The molecule has 0 unspecified atom stereocenters. The number of rotatable bonds is 5. The summed E-state index contributed by atoms with van der Waals surface area (Å²) in [5.74, 6) is -0.221. The summed E-state index contributed by atoms with van der Waals surface area (Å²) < 4.78 is 0. The van der Waals surface area contributed by atoms with Crippen LogP contribution in [0.1, 0.15) is 32.1 Å². The van der Waals surface area contributed by atoms with Crippen LogP contribution in [0.2, 0.25) is 0 Å². The summed E-state index contributed by atoms with van der Waals surface area (Å²) >= 11 is 0. The van der Waals surface area contributed by atoms with Gasteiger partial charge in [-0.15, -0.1) is 0 Å². The third kappa shape index (κ3) is 4.87. The summed E-state index contributed by atoms with van der Waals surface area (Å²) in [4.78, 5) is 25.7. The summed E-state index contributed by atoms with van der Waals surface area (Å²) in [5.41, 5.74) is 1.95. The molecule has 3 amide bonds. The van der Waals surface area contributed by atoms with Crippen molar-refractivity contribution in [3.8, 4) is 0 Å². The lowest BCUT2D eigenvalue weighted by Crippen LogP contribution is -2.40. The first kappa shape index (κ1) is 15.6. The molecule has 0 aromatic heterocycles. The first-order valence-electron chi connectivity index (χ1n) is 8.40. The van der Waals surface area contributed by atoms with Gasteiger partial charge in [-0.1, -0.05) is 0 Å². The van der Waals surface area contributed by atoms with Gasteiger partial charge in [0.15, 0.2) is 0 Å². The van der Waals surface area contributed by atoms with E-state index in [2.05, 4.69) is 20.9 Å². The van der Waals surface area contributed by atoms with E-state index >= 15 is 0 Å². The Morgan fingerprint density at radius 3 is 2.39 bits per heavy atom. The maximum absolute atomic E-state index is 11.8. The molecule has 1 saturated heterocycles. The average molecular weight is 316 g/mol. The van der Waals surface area contributed by atoms with Gasteiger partial charge in [-0.05, 0) is 56.4 Å². The van der Waals surface area contributed by atoms with Crippen LogP contribution in [-0.2, 0) is 4.79 Å². The van der Waals surface area contributed by atoms with Gasteiger partial charge in [0.25, 0.3) is 0 Å². The van der Waals surface area contributed by atoms with Crippen LogP contribution in [0.15, 0.2) is 24.3 Å². The van der Waals surface area contributed by atoms with Crippen LogP contribution in [0.25, 0.3) is 0 Å². The molecule has 3 N–H and O–H groups in total. The maximum Gasteiger partial charge on any atom is 0.315 e. The quantitative estimate of drug-likeness (QED) is 0.778. The third-order valence-electron chi connectivity index (χ3n) is 4.19. The Kier molecular flexibility index (Phi) is 5.00. The average Bonchev–Trinajstić information content (AvgIpc) is 3.38. The number of carbonyl (C=O) groups excluding carboxylic acids is 2. The SMILES string of the molecule is O=C(CNC(=O)NC1CC1)Nc1ccc(N2CCCCC2)cc1. The molecule has 0 spiro atoms. The Morgan fingerprint density at radius 1 is 1.04 bits per heavy atom. The van der Waals surface area contributed by atoms with E-state index < -0.39 is 0 Å². The second kappa shape index (κ2) is 7.35. The molecule has 1 heterocycles. The molecule has 0 radical (unpaired) electrons. The van der Waals surface area contributed by atoms with Crippen molar-refractivity contribution in [3.63, 3.8) is 0 Å². The van der Waals surface area contributed by atoms with Gasteiger partial charge in [0.05, 0.1) is 6.54 Å². The highest BCUT2D eigenvalue weighted by atomic mass is 16.2. The van der Waals surface area contributed by atoms with Gasteiger partial charge in [0, 0.05) is 30.5 Å². The van der Waals surface area contributed by atoms with Gasteiger partial charge in [-0.2, -0.15) is 0 Å². The van der Waals surface area contributed by atoms with Crippen molar-refractivity contribution < 1.29 is 9.59 Å². The minimum absolute atomic E-state index is 0.0214. The molecule has 0 atom stereocenters.